The third kappa shape index (κ3) is 5.85. The second kappa shape index (κ2) is 6.17. The summed E-state index contributed by atoms with van der Waals surface area (Å²) in [4.78, 5) is 11.6. The van der Waals surface area contributed by atoms with Gasteiger partial charge in [-0.15, -0.1) is 0 Å². The van der Waals surface area contributed by atoms with Crippen LogP contribution in [0.3, 0.4) is 0 Å². The quantitative estimate of drug-likeness (QED) is 0.753. The van der Waals surface area contributed by atoms with Crippen molar-refractivity contribution in [3.63, 3.8) is 0 Å². The molecule has 1 aromatic carbocycles. The van der Waals surface area contributed by atoms with Gasteiger partial charge < -0.3 is 15.7 Å². The lowest BCUT2D eigenvalue weighted by molar-refractivity contribution is -0.121. The van der Waals surface area contributed by atoms with Crippen molar-refractivity contribution >= 4 is 5.91 Å². The topological polar surface area (TPSA) is 61.4 Å². The minimum absolute atomic E-state index is 0.0728. The highest BCUT2D eigenvalue weighted by Gasteiger charge is 2.22. The molecule has 1 atom stereocenters. The van der Waals surface area contributed by atoms with Crippen LogP contribution in [0.5, 0.6) is 0 Å². The van der Waals surface area contributed by atoms with Crippen LogP contribution in [0.15, 0.2) is 30.3 Å². The first-order valence-electron chi connectivity index (χ1n) is 6.50. The number of hydrogen-bond acceptors (Lipinski definition) is 3. The molecule has 0 bridgehead atoms. The number of aliphatic hydroxyl groups is 1. The van der Waals surface area contributed by atoms with Crippen LogP contribution in [0.2, 0.25) is 0 Å². The fourth-order valence-electron chi connectivity index (χ4n) is 1.78. The Balaban J connectivity index is 2.43. The molecule has 1 amide bonds. The molecule has 0 spiro atoms. The van der Waals surface area contributed by atoms with Gasteiger partial charge in [0.1, 0.15) is 0 Å². The number of carbonyl (C=O) groups excluding carboxylic acids is 1. The van der Waals surface area contributed by atoms with Crippen LogP contribution in [-0.4, -0.2) is 29.6 Å². The van der Waals surface area contributed by atoms with Gasteiger partial charge in [0.15, 0.2) is 0 Å². The van der Waals surface area contributed by atoms with Gasteiger partial charge in [0.05, 0.1) is 12.1 Å². The number of rotatable bonds is 5. The lowest BCUT2D eigenvalue weighted by Gasteiger charge is -2.25. The van der Waals surface area contributed by atoms with Gasteiger partial charge in [-0.25, -0.2) is 0 Å². The molecule has 0 radical (unpaired) electrons. The second-order valence-electron chi connectivity index (χ2n) is 6.04. The van der Waals surface area contributed by atoms with Gasteiger partial charge in [-0.05, 0) is 33.3 Å². The number of carbonyl (C=O) groups is 1. The maximum Gasteiger partial charge on any atom is 0.234 e. The van der Waals surface area contributed by atoms with E-state index in [-0.39, 0.29) is 18.0 Å². The van der Waals surface area contributed by atoms with Crippen molar-refractivity contribution < 1.29 is 9.90 Å². The molecule has 0 aliphatic rings. The van der Waals surface area contributed by atoms with Crippen LogP contribution >= 0.6 is 0 Å². The number of nitrogens with one attached hydrogen (secondary N) is 2. The van der Waals surface area contributed by atoms with Crippen molar-refractivity contribution in [2.24, 2.45) is 0 Å². The molecule has 106 valence electrons. The molecule has 0 aliphatic carbocycles. The van der Waals surface area contributed by atoms with E-state index in [1.54, 1.807) is 6.92 Å². The van der Waals surface area contributed by atoms with Crippen molar-refractivity contribution in [1.82, 2.24) is 10.6 Å². The van der Waals surface area contributed by atoms with E-state index in [0.29, 0.717) is 6.54 Å². The molecule has 0 fully saturated rings. The van der Waals surface area contributed by atoms with E-state index in [4.69, 9.17) is 0 Å². The first-order valence-corrected chi connectivity index (χ1v) is 6.50. The SMILES string of the molecule is CC(C)(C)NC(=O)CNCC(C)(O)c1ccccc1. The second-order valence-corrected chi connectivity index (χ2v) is 6.04. The smallest absolute Gasteiger partial charge is 0.234 e. The van der Waals surface area contributed by atoms with E-state index < -0.39 is 5.60 Å². The van der Waals surface area contributed by atoms with Crippen LogP contribution in [0.25, 0.3) is 0 Å². The van der Waals surface area contributed by atoms with E-state index in [2.05, 4.69) is 10.6 Å². The summed E-state index contributed by atoms with van der Waals surface area (Å²) in [5.41, 5.74) is -0.386. The fourth-order valence-corrected chi connectivity index (χ4v) is 1.78. The monoisotopic (exact) mass is 264 g/mol. The van der Waals surface area contributed by atoms with Crippen LogP contribution in [0.4, 0.5) is 0 Å². The summed E-state index contributed by atoms with van der Waals surface area (Å²) in [5.74, 6) is -0.0728. The summed E-state index contributed by atoms with van der Waals surface area (Å²) < 4.78 is 0. The van der Waals surface area contributed by atoms with Crippen molar-refractivity contribution in [1.29, 1.82) is 0 Å². The van der Waals surface area contributed by atoms with Gasteiger partial charge in [-0.2, -0.15) is 0 Å². The molecule has 19 heavy (non-hydrogen) atoms. The summed E-state index contributed by atoms with van der Waals surface area (Å²) in [6.07, 6.45) is 0. The van der Waals surface area contributed by atoms with Gasteiger partial charge in [-0.1, -0.05) is 30.3 Å². The zero-order valence-corrected chi connectivity index (χ0v) is 12.2. The number of hydrogen-bond donors (Lipinski definition) is 3. The molecule has 0 saturated heterocycles. The maximum absolute atomic E-state index is 11.6. The summed E-state index contributed by atoms with van der Waals surface area (Å²) in [5, 5.41) is 16.2. The molecule has 0 aromatic heterocycles. The standard InChI is InChI=1S/C15H24N2O2/c1-14(2,3)17-13(18)10-16-11-15(4,19)12-8-6-5-7-9-12/h5-9,16,19H,10-11H2,1-4H3,(H,17,18). The van der Waals surface area contributed by atoms with Gasteiger partial charge in [0, 0.05) is 12.1 Å². The molecule has 3 N–H and O–H groups in total. The molecule has 1 rings (SSSR count). The maximum atomic E-state index is 11.6. The van der Waals surface area contributed by atoms with E-state index in [9.17, 15) is 9.90 Å². The summed E-state index contributed by atoms with van der Waals surface area (Å²) in [6, 6.07) is 9.42. The Morgan fingerprint density at radius 3 is 2.26 bits per heavy atom. The van der Waals surface area contributed by atoms with Crippen molar-refractivity contribution in [3.8, 4) is 0 Å². The van der Waals surface area contributed by atoms with Crippen molar-refractivity contribution in [2.75, 3.05) is 13.1 Å². The summed E-state index contributed by atoms with van der Waals surface area (Å²) >= 11 is 0. The molecule has 1 aromatic rings. The molecule has 4 nitrogen and oxygen atoms in total. The highest BCUT2D eigenvalue weighted by Crippen LogP contribution is 2.18. The van der Waals surface area contributed by atoms with Crippen LogP contribution in [0.1, 0.15) is 33.3 Å². The predicted octanol–water partition coefficient (Wildman–Crippen LogP) is 1.40. The average Bonchev–Trinajstić information content (AvgIpc) is 2.27. The molecule has 0 saturated carbocycles. The van der Waals surface area contributed by atoms with Crippen molar-refractivity contribution in [2.45, 2.75) is 38.8 Å². The minimum Gasteiger partial charge on any atom is -0.384 e. The fraction of sp³-hybridized carbons (Fsp3) is 0.533. The molecule has 0 heterocycles. The number of amides is 1. The first kappa shape index (κ1) is 15.7. The van der Waals surface area contributed by atoms with Gasteiger partial charge in [-0.3, -0.25) is 4.79 Å². The molecule has 1 unspecified atom stereocenters. The lowest BCUT2D eigenvalue weighted by Crippen LogP contribution is -2.46. The van der Waals surface area contributed by atoms with E-state index >= 15 is 0 Å². The zero-order chi connectivity index (χ0) is 14.5. The third-order valence-corrected chi connectivity index (χ3v) is 2.66. The Hall–Kier alpha value is -1.39. The van der Waals surface area contributed by atoms with Crippen molar-refractivity contribution in [3.05, 3.63) is 35.9 Å². The Morgan fingerprint density at radius 1 is 1.16 bits per heavy atom. The van der Waals surface area contributed by atoms with Gasteiger partial charge in [0.25, 0.3) is 0 Å². The van der Waals surface area contributed by atoms with E-state index in [0.717, 1.165) is 5.56 Å². The average molecular weight is 264 g/mol. The Bertz CT molecular complexity index is 408. The van der Waals surface area contributed by atoms with Crippen LogP contribution in [-0.2, 0) is 10.4 Å². The zero-order valence-electron chi connectivity index (χ0n) is 12.2. The number of benzene rings is 1. The highest BCUT2D eigenvalue weighted by molar-refractivity contribution is 5.78. The van der Waals surface area contributed by atoms with Crippen LogP contribution in [0, 0.1) is 0 Å². The highest BCUT2D eigenvalue weighted by atomic mass is 16.3. The first-order chi connectivity index (χ1) is 8.71. The van der Waals surface area contributed by atoms with Gasteiger partial charge in [0.2, 0.25) is 5.91 Å². The van der Waals surface area contributed by atoms with E-state index in [1.165, 1.54) is 0 Å². The van der Waals surface area contributed by atoms with Crippen LogP contribution < -0.4 is 10.6 Å². The molecule has 0 aliphatic heterocycles. The van der Waals surface area contributed by atoms with Gasteiger partial charge >= 0.3 is 0 Å². The minimum atomic E-state index is -0.983. The Labute approximate surface area is 115 Å². The summed E-state index contributed by atoms with van der Waals surface area (Å²) in [6.45, 7) is 8.06. The summed E-state index contributed by atoms with van der Waals surface area (Å²) in [7, 11) is 0. The molecule has 4 heteroatoms. The molecular weight excluding hydrogens is 240 g/mol. The largest absolute Gasteiger partial charge is 0.384 e. The normalized spacial score (nSPS) is 14.8. The van der Waals surface area contributed by atoms with E-state index in [1.807, 2.05) is 51.1 Å². The Kier molecular flexibility index (Phi) is 5.09. The third-order valence-electron chi connectivity index (χ3n) is 2.66. The molecular formula is C15H24N2O2. The Morgan fingerprint density at radius 2 is 1.74 bits per heavy atom. The lowest BCUT2D eigenvalue weighted by atomic mass is 9.96. The predicted molar refractivity (Wildman–Crippen MR) is 76.8 cm³/mol.